The zero-order valence-corrected chi connectivity index (χ0v) is 11.9. The Balaban J connectivity index is 1.83. The lowest BCUT2D eigenvalue weighted by Crippen LogP contribution is -2.25. The van der Waals surface area contributed by atoms with Gasteiger partial charge in [-0.15, -0.1) is 11.3 Å². The molecule has 0 aliphatic heterocycles. The van der Waals surface area contributed by atoms with Crippen LogP contribution in [0.15, 0.2) is 36.0 Å². The Kier molecular flexibility index (Phi) is 5.79. The van der Waals surface area contributed by atoms with Crippen LogP contribution < -0.4 is 5.32 Å². The average Bonchev–Trinajstić information content (AvgIpc) is 3.11. The van der Waals surface area contributed by atoms with Gasteiger partial charge < -0.3 is 19.7 Å². The summed E-state index contributed by atoms with van der Waals surface area (Å²) in [6.45, 7) is 1.47. The van der Waals surface area contributed by atoms with Crippen LogP contribution in [0.1, 0.15) is 16.1 Å². The van der Waals surface area contributed by atoms with Gasteiger partial charge in [0.25, 0.3) is 5.91 Å². The molecular formula is C14H18N2O3S. The van der Waals surface area contributed by atoms with Crippen molar-refractivity contribution in [3.05, 3.63) is 40.8 Å². The number of hydrogen-bond donors (Lipinski definition) is 2. The van der Waals surface area contributed by atoms with Crippen LogP contribution >= 0.6 is 11.3 Å². The topological polar surface area (TPSA) is 63.5 Å². The molecule has 20 heavy (non-hydrogen) atoms. The summed E-state index contributed by atoms with van der Waals surface area (Å²) in [6, 6.07) is 5.79. The van der Waals surface area contributed by atoms with Crippen LogP contribution in [0.2, 0.25) is 0 Å². The van der Waals surface area contributed by atoms with Gasteiger partial charge >= 0.3 is 0 Å². The zero-order chi connectivity index (χ0) is 14.2. The quantitative estimate of drug-likeness (QED) is 0.728. The normalized spacial score (nSPS) is 10.7. The van der Waals surface area contributed by atoms with Crippen LogP contribution in [0, 0.1) is 0 Å². The summed E-state index contributed by atoms with van der Waals surface area (Å²) in [5, 5.41) is 13.4. The van der Waals surface area contributed by atoms with Crippen molar-refractivity contribution in [1.82, 2.24) is 9.88 Å². The van der Waals surface area contributed by atoms with Gasteiger partial charge in [0.1, 0.15) is 4.88 Å². The number of amides is 1. The van der Waals surface area contributed by atoms with Crippen molar-refractivity contribution in [2.75, 3.05) is 26.4 Å². The molecule has 0 unspecified atom stereocenters. The first kappa shape index (κ1) is 14.8. The molecule has 6 heteroatoms. The van der Waals surface area contributed by atoms with Gasteiger partial charge in [0, 0.05) is 25.5 Å². The van der Waals surface area contributed by atoms with Gasteiger partial charge in [0.05, 0.1) is 18.9 Å². The van der Waals surface area contributed by atoms with Crippen LogP contribution in [-0.2, 0) is 4.74 Å². The predicted molar refractivity (Wildman–Crippen MR) is 78.5 cm³/mol. The van der Waals surface area contributed by atoms with Crippen molar-refractivity contribution in [2.24, 2.45) is 0 Å². The van der Waals surface area contributed by atoms with Crippen molar-refractivity contribution in [2.45, 2.75) is 6.42 Å². The summed E-state index contributed by atoms with van der Waals surface area (Å²) in [7, 11) is 0. The van der Waals surface area contributed by atoms with E-state index in [1.807, 2.05) is 40.5 Å². The molecule has 0 bridgehead atoms. The Bertz CT molecular complexity index is 522. The molecule has 0 radical (unpaired) electrons. The van der Waals surface area contributed by atoms with Crippen molar-refractivity contribution in [1.29, 1.82) is 0 Å². The standard InChI is InChI=1S/C14H18N2O3S/c17-8-10-19-9-3-5-15-14(18)13-12(4-11-20-13)16-6-1-2-7-16/h1-2,4,6-7,11,17H,3,5,8-10H2,(H,15,18). The van der Waals surface area contributed by atoms with E-state index < -0.39 is 0 Å². The van der Waals surface area contributed by atoms with E-state index in [2.05, 4.69) is 5.32 Å². The molecule has 0 saturated carbocycles. The summed E-state index contributed by atoms with van der Waals surface area (Å²) in [5.41, 5.74) is 0.897. The third kappa shape index (κ3) is 3.93. The second-order valence-corrected chi connectivity index (χ2v) is 5.09. The van der Waals surface area contributed by atoms with E-state index >= 15 is 0 Å². The van der Waals surface area contributed by atoms with Gasteiger partial charge in [-0.3, -0.25) is 4.79 Å². The van der Waals surface area contributed by atoms with Gasteiger partial charge in [0.2, 0.25) is 0 Å². The second kappa shape index (κ2) is 7.84. The minimum absolute atomic E-state index is 0.0295. The molecule has 0 saturated heterocycles. The molecule has 1 amide bonds. The third-order valence-corrected chi connectivity index (χ3v) is 3.62. The lowest BCUT2D eigenvalue weighted by Gasteiger charge is -2.07. The molecule has 2 heterocycles. The molecule has 0 aromatic carbocycles. The first-order valence-corrected chi connectivity index (χ1v) is 7.38. The number of nitrogens with one attached hydrogen (secondary N) is 1. The highest BCUT2D eigenvalue weighted by Crippen LogP contribution is 2.21. The molecule has 2 rings (SSSR count). The number of aliphatic hydroxyl groups is 1. The van der Waals surface area contributed by atoms with E-state index in [1.54, 1.807) is 0 Å². The highest BCUT2D eigenvalue weighted by atomic mass is 32.1. The van der Waals surface area contributed by atoms with Crippen molar-refractivity contribution >= 4 is 17.2 Å². The van der Waals surface area contributed by atoms with Crippen molar-refractivity contribution in [3.8, 4) is 5.69 Å². The highest BCUT2D eigenvalue weighted by molar-refractivity contribution is 7.12. The number of hydrogen-bond acceptors (Lipinski definition) is 4. The predicted octanol–water partition coefficient (Wildman–Crippen LogP) is 1.67. The molecule has 0 fully saturated rings. The molecule has 0 atom stereocenters. The molecule has 0 aliphatic rings. The summed E-state index contributed by atoms with van der Waals surface area (Å²) >= 11 is 1.43. The number of carbonyl (C=O) groups is 1. The van der Waals surface area contributed by atoms with Crippen LogP contribution in [-0.4, -0.2) is 41.9 Å². The summed E-state index contributed by atoms with van der Waals surface area (Å²) in [6.07, 6.45) is 4.57. The van der Waals surface area contributed by atoms with Crippen molar-refractivity contribution in [3.63, 3.8) is 0 Å². The van der Waals surface area contributed by atoms with E-state index in [0.717, 1.165) is 12.1 Å². The fourth-order valence-corrected chi connectivity index (χ4v) is 2.60. The smallest absolute Gasteiger partial charge is 0.263 e. The van der Waals surface area contributed by atoms with Crippen LogP contribution in [0.5, 0.6) is 0 Å². The van der Waals surface area contributed by atoms with E-state index in [4.69, 9.17) is 9.84 Å². The summed E-state index contributed by atoms with van der Waals surface area (Å²) in [5.74, 6) is -0.0640. The number of carbonyl (C=O) groups excluding carboxylic acids is 1. The maximum absolute atomic E-state index is 12.1. The van der Waals surface area contributed by atoms with Gasteiger partial charge in [-0.2, -0.15) is 0 Å². The Morgan fingerprint density at radius 3 is 2.90 bits per heavy atom. The van der Waals surface area contributed by atoms with Gasteiger partial charge in [0.15, 0.2) is 0 Å². The largest absolute Gasteiger partial charge is 0.394 e. The zero-order valence-electron chi connectivity index (χ0n) is 11.1. The van der Waals surface area contributed by atoms with Crippen LogP contribution in [0.4, 0.5) is 0 Å². The molecule has 0 spiro atoms. The second-order valence-electron chi connectivity index (χ2n) is 4.17. The molecule has 2 aromatic rings. The van der Waals surface area contributed by atoms with E-state index in [9.17, 15) is 4.79 Å². The Morgan fingerprint density at radius 1 is 1.35 bits per heavy atom. The number of rotatable bonds is 8. The van der Waals surface area contributed by atoms with E-state index in [-0.39, 0.29) is 12.5 Å². The summed E-state index contributed by atoms with van der Waals surface area (Å²) < 4.78 is 7.06. The fraction of sp³-hybridized carbons (Fsp3) is 0.357. The molecule has 5 nitrogen and oxygen atoms in total. The number of ether oxygens (including phenoxy) is 1. The molecule has 0 aliphatic carbocycles. The lowest BCUT2D eigenvalue weighted by atomic mass is 10.3. The highest BCUT2D eigenvalue weighted by Gasteiger charge is 2.13. The first-order chi connectivity index (χ1) is 9.83. The Hall–Kier alpha value is -1.63. The summed E-state index contributed by atoms with van der Waals surface area (Å²) in [4.78, 5) is 12.8. The molecular weight excluding hydrogens is 276 g/mol. The van der Waals surface area contributed by atoms with Gasteiger partial charge in [-0.1, -0.05) is 0 Å². The van der Waals surface area contributed by atoms with E-state index in [0.29, 0.717) is 24.6 Å². The number of nitrogens with zero attached hydrogens (tertiary/aromatic N) is 1. The fourth-order valence-electron chi connectivity index (χ4n) is 1.79. The molecule has 2 aromatic heterocycles. The Labute approximate surface area is 121 Å². The molecule has 108 valence electrons. The van der Waals surface area contributed by atoms with Crippen LogP contribution in [0.3, 0.4) is 0 Å². The number of aliphatic hydroxyl groups excluding tert-OH is 1. The third-order valence-electron chi connectivity index (χ3n) is 2.72. The van der Waals surface area contributed by atoms with E-state index in [1.165, 1.54) is 11.3 Å². The SMILES string of the molecule is O=C(NCCCOCCO)c1sccc1-n1cccc1. The minimum atomic E-state index is -0.0640. The average molecular weight is 294 g/mol. The van der Waals surface area contributed by atoms with Gasteiger partial charge in [-0.25, -0.2) is 0 Å². The van der Waals surface area contributed by atoms with Crippen molar-refractivity contribution < 1.29 is 14.6 Å². The lowest BCUT2D eigenvalue weighted by molar-refractivity contribution is 0.0869. The van der Waals surface area contributed by atoms with Crippen LogP contribution in [0.25, 0.3) is 5.69 Å². The maximum Gasteiger partial charge on any atom is 0.263 e. The first-order valence-electron chi connectivity index (χ1n) is 6.50. The maximum atomic E-state index is 12.1. The Morgan fingerprint density at radius 2 is 2.15 bits per heavy atom. The monoisotopic (exact) mass is 294 g/mol. The number of thiophene rings is 1. The van der Waals surface area contributed by atoms with Gasteiger partial charge in [-0.05, 0) is 30.0 Å². The number of aromatic nitrogens is 1. The minimum Gasteiger partial charge on any atom is -0.394 e. The molecule has 2 N–H and O–H groups in total.